The molecule has 0 aliphatic rings. The number of nitrogens with one attached hydrogen (secondary N) is 1. The van der Waals surface area contributed by atoms with E-state index >= 15 is 0 Å². The summed E-state index contributed by atoms with van der Waals surface area (Å²) in [5.41, 5.74) is 2.76. The summed E-state index contributed by atoms with van der Waals surface area (Å²) in [6.07, 6.45) is 4.06. The van der Waals surface area contributed by atoms with Crippen LogP contribution in [0.5, 0.6) is 0 Å². The summed E-state index contributed by atoms with van der Waals surface area (Å²) >= 11 is 0. The van der Waals surface area contributed by atoms with Crippen molar-refractivity contribution in [2.75, 3.05) is 19.8 Å². The van der Waals surface area contributed by atoms with Crippen molar-refractivity contribution in [3.05, 3.63) is 48.0 Å². The molecule has 0 bridgehead atoms. The molecule has 0 aliphatic carbocycles. The second kappa shape index (κ2) is 8.90. The third kappa shape index (κ3) is 6.58. The summed E-state index contributed by atoms with van der Waals surface area (Å²) < 4.78 is 5.33. The Morgan fingerprint density at radius 1 is 1.44 bits per heavy atom. The SMILES string of the molecule is C=CCOCCNC(C)CCc1cccc(C)c1. The Kier molecular flexibility index (Phi) is 7.38. The number of rotatable bonds is 9. The molecule has 100 valence electrons. The molecule has 2 nitrogen and oxygen atoms in total. The van der Waals surface area contributed by atoms with E-state index in [2.05, 4.69) is 50.0 Å². The minimum absolute atomic E-state index is 0.526. The Morgan fingerprint density at radius 3 is 3.00 bits per heavy atom. The lowest BCUT2D eigenvalue weighted by Gasteiger charge is -2.13. The number of aryl methyl sites for hydroxylation is 2. The predicted molar refractivity (Wildman–Crippen MR) is 78.0 cm³/mol. The van der Waals surface area contributed by atoms with Gasteiger partial charge in [0, 0.05) is 12.6 Å². The smallest absolute Gasteiger partial charge is 0.0645 e. The third-order valence-corrected chi connectivity index (χ3v) is 2.92. The van der Waals surface area contributed by atoms with Gasteiger partial charge >= 0.3 is 0 Å². The molecule has 0 heterocycles. The molecular weight excluding hydrogens is 222 g/mol. The Bertz CT molecular complexity index is 349. The zero-order valence-corrected chi connectivity index (χ0v) is 11.6. The molecule has 0 aliphatic heterocycles. The van der Waals surface area contributed by atoms with Gasteiger partial charge in [-0.2, -0.15) is 0 Å². The van der Waals surface area contributed by atoms with Gasteiger partial charge in [0.05, 0.1) is 13.2 Å². The van der Waals surface area contributed by atoms with Crippen molar-refractivity contribution < 1.29 is 4.74 Å². The first-order valence-corrected chi connectivity index (χ1v) is 6.70. The molecule has 1 aromatic rings. The van der Waals surface area contributed by atoms with Crippen LogP contribution in [0.25, 0.3) is 0 Å². The minimum Gasteiger partial charge on any atom is -0.376 e. The maximum absolute atomic E-state index is 5.33. The summed E-state index contributed by atoms with van der Waals surface area (Å²) in [7, 11) is 0. The van der Waals surface area contributed by atoms with E-state index in [1.54, 1.807) is 6.08 Å². The van der Waals surface area contributed by atoms with Crippen molar-refractivity contribution in [3.8, 4) is 0 Å². The zero-order chi connectivity index (χ0) is 13.2. The highest BCUT2D eigenvalue weighted by atomic mass is 16.5. The number of hydrogen-bond donors (Lipinski definition) is 1. The van der Waals surface area contributed by atoms with Crippen LogP contribution >= 0.6 is 0 Å². The minimum atomic E-state index is 0.526. The lowest BCUT2D eigenvalue weighted by molar-refractivity contribution is 0.161. The largest absolute Gasteiger partial charge is 0.376 e. The molecule has 1 aromatic carbocycles. The van der Waals surface area contributed by atoms with Gasteiger partial charge in [0.2, 0.25) is 0 Å². The van der Waals surface area contributed by atoms with Crippen LogP contribution in [0.2, 0.25) is 0 Å². The van der Waals surface area contributed by atoms with E-state index in [-0.39, 0.29) is 0 Å². The van der Waals surface area contributed by atoms with Gasteiger partial charge in [-0.25, -0.2) is 0 Å². The van der Waals surface area contributed by atoms with Crippen LogP contribution in [0.3, 0.4) is 0 Å². The topological polar surface area (TPSA) is 21.3 Å². The lowest BCUT2D eigenvalue weighted by atomic mass is 10.0. The predicted octanol–water partition coefficient (Wildman–Crippen LogP) is 3.11. The van der Waals surface area contributed by atoms with Gasteiger partial charge in [-0.1, -0.05) is 35.9 Å². The molecule has 0 saturated heterocycles. The van der Waals surface area contributed by atoms with Crippen molar-refractivity contribution in [1.29, 1.82) is 0 Å². The average Bonchev–Trinajstić information content (AvgIpc) is 2.36. The Morgan fingerprint density at radius 2 is 2.28 bits per heavy atom. The van der Waals surface area contributed by atoms with Crippen LogP contribution in [-0.2, 0) is 11.2 Å². The number of hydrogen-bond acceptors (Lipinski definition) is 2. The van der Waals surface area contributed by atoms with Crippen molar-refractivity contribution >= 4 is 0 Å². The van der Waals surface area contributed by atoms with E-state index in [0.29, 0.717) is 12.6 Å². The normalized spacial score (nSPS) is 12.3. The maximum atomic E-state index is 5.33. The molecule has 1 rings (SSSR count). The van der Waals surface area contributed by atoms with Gasteiger partial charge < -0.3 is 10.1 Å². The summed E-state index contributed by atoms with van der Waals surface area (Å²) in [5, 5.41) is 3.47. The highest BCUT2D eigenvalue weighted by Crippen LogP contribution is 2.07. The maximum Gasteiger partial charge on any atom is 0.0645 e. The summed E-state index contributed by atoms with van der Waals surface area (Å²) in [5.74, 6) is 0. The highest BCUT2D eigenvalue weighted by molar-refractivity contribution is 5.22. The number of benzene rings is 1. The molecular formula is C16H25NO. The Labute approximate surface area is 111 Å². The summed E-state index contributed by atoms with van der Waals surface area (Å²) in [4.78, 5) is 0. The third-order valence-electron chi connectivity index (χ3n) is 2.92. The fraction of sp³-hybridized carbons (Fsp3) is 0.500. The van der Waals surface area contributed by atoms with Crippen LogP contribution in [0.4, 0.5) is 0 Å². The highest BCUT2D eigenvalue weighted by Gasteiger charge is 2.01. The van der Waals surface area contributed by atoms with Gasteiger partial charge in [-0.05, 0) is 32.3 Å². The monoisotopic (exact) mass is 247 g/mol. The van der Waals surface area contributed by atoms with Gasteiger partial charge in [0.25, 0.3) is 0 Å². The first-order valence-electron chi connectivity index (χ1n) is 6.70. The van der Waals surface area contributed by atoms with Crippen molar-refractivity contribution in [2.45, 2.75) is 32.7 Å². The second-order valence-corrected chi connectivity index (χ2v) is 4.75. The molecule has 1 atom stereocenters. The quantitative estimate of drug-likeness (QED) is 0.535. The molecule has 0 aromatic heterocycles. The van der Waals surface area contributed by atoms with Crippen LogP contribution in [0, 0.1) is 6.92 Å². The van der Waals surface area contributed by atoms with E-state index in [0.717, 1.165) is 26.0 Å². The molecule has 1 unspecified atom stereocenters. The lowest BCUT2D eigenvalue weighted by Crippen LogP contribution is -2.29. The van der Waals surface area contributed by atoms with Crippen molar-refractivity contribution in [1.82, 2.24) is 5.32 Å². The van der Waals surface area contributed by atoms with E-state index in [1.165, 1.54) is 11.1 Å². The fourth-order valence-electron chi connectivity index (χ4n) is 1.90. The van der Waals surface area contributed by atoms with Gasteiger partial charge in [0.15, 0.2) is 0 Å². The zero-order valence-electron chi connectivity index (χ0n) is 11.6. The standard InChI is InChI=1S/C16H25NO/c1-4-11-18-12-10-17-15(3)8-9-16-7-5-6-14(2)13-16/h4-7,13,15,17H,1,8-12H2,2-3H3. The van der Waals surface area contributed by atoms with Gasteiger partial charge in [-0.15, -0.1) is 6.58 Å². The molecule has 0 spiro atoms. The summed E-state index contributed by atoms with van der Waals surface area (Å²) in [6.45, 7) is 10.3. The van der Waals surface area contributed by atoms with Crippen LogP contribution in [0.15, 0.2) is 36.9 Å². The Hall–Kier alpha value is -1.12. The fourth-order valence-corrected chi connectivity index (χ4v) is 1.90. The van der Waals surface area contributed by atoms with E-state index in [1.807, 2.05) is 0 Å². The van der Waals surface area contributed by atoms with E-state index < -0.39 is 0 Å². The first-order chi connectivity index (χ1) is 8.72. The number of ether oxygens (including phenoxy) is 1. The van der Waals surface area contributed by atoms with E-state index in [9.17, 15) is 0 Å². The van der Waals surface area contributed by atoms with Gasteiger partial charge in [-0.3, -0.25) is 0 Å². The molecule has 18 heavy (non-hydrogen) atoms. The van der Waals surface area contributed by atoms with Crippen molar-refractivity contribution in [3.63, 3.8) is 0 Å². The molecule has 0 saturated carbocycles. The van der Waals surface area contributed by atoms with Crippen LogP contribution in [-0.4, -0.2) is 25.8 Å². The summed E-state index contributed by atoms with van der Waals surface area (Å²) in [6, 6.07) is 9.26. The Balaban J connectivity index is 2.13. The molecule has 1 N–H and O–H groups in total. The molecule has 0 fully saturated rings. The molecule has 2 heteroatoms. The average molecular weight is 247 g/mol. The van der Waals surface area contributed by atoms with Gasteiger partial charge in [0.1, 0.15) is 0 Å². The molecule has 0 amide bonds. The van der Waals surface area contributed by atoms with Crippen LogP contribution in [0.1, 0.15) is 24.5 Å². The second-order valence-electron chi connectivity index (χ2n) is 4.75. The van der Waals surface area contributed by atoms with Crippen LogP contribution < -0.4 is 5.32 Å². The van der Waals surface area contributed by atoms with Crippen molar-refractivity contribution in [2.24, 2.45) is 0 Å². The first kappa shape index (κ1) is 14.9. The molecule has 0 radical (unpaired) electrons. The van der Waals surface area contributed by atoms with E-state index in [4.69, 9.17) is 4.74 Å².